The van der Waals surface area contributed by atoms with E-state index in [4.69, 9.17) is 13.6 Å². The second-order valence-corrected chi connectivity index (χ2v) is 6.97. The Morgan fingerprint density at radius 1 is 1.20 bits per heavy atom. The molecule has 1 aliphatic heterocycles. The molecule has 1 N–H and O–H groups in total. The summed E-state index contributed by atoms with van der Waals surface area (Å²) in [4.78, 5) is 8.30. The molecular weight excluding hydrogens is 391 g/mol. The Labute approximate surface area is 172 Å². The molecule has 0 bridgehead atoms. The SMILES string of the molecule is N#Cc1nc(-c2ccco2)oc1N1CCN(CC(O)COc2ccc(F)cc2)CC1. The summed E-state index contributed by atoms with van der Waals surface area (Å²) in [5.74, 6) is 1.37. The molecule has 0 aliphatic carbocycles. The number of oxazole rings is 1. The van der Waals surface area contributed by atoms with Gasteiger partial charge in [0.2, 0.25) is 11.6 Å². The van der Waals surface area contributed by atoms with Crippen molar-refractivity contribution >= 4 is 5.88 Å². The van der Waals surface area contributed by atoms with E-state index in [2.05, 4.69) is 16.0 Å². The number of β-amino-alcohol motifs (C(OH)–C–C–N with tert-alkyl or cyclic N) is 1. The first kappa shape index (κ1) is 19.9. The molecule has 8 nitrogen and oxygen atoms in total. The average Bonchev–Trinajstić information content (AvgIpc) is 3.44. The summed E-state index contributed by atoms with van der Waals surface area (Å²) in [7, 11) is 0. The number of furan rings is 1. The Hall–Kier alpha value is -3.35. The van der Waals surface area contributed by atoms with Crippen molar-refractivity contribution in [2.45, 2.75) is 6.10 Å². The summed E-state index contributed by atoms with van der Waals surface area (Å²) in [5, 5.41) is 19.6. The van der Waals surface area contributed by atoms with Gasteiger partial charge in [-0.05, 0) is 36.4 Å². The molecule has 156 valence electrons. The average molecular weight is 412 g/mol. The Kier molecular flexibility index (Phi) is 5.97. The minimum Gasteiger partial charge on any atom is -0.491 e. The van der Waals surface area contributed by atoms with Gasteiger partial charge in [0.25, 0.3) is 5.89 Å². The third-order valence-electron chi connectivity index (χ3n) is 4.83. The van der Waals surface area contributed by atoms with Gasteiger partial charge in [0.1, 0.15) is 30.3 Å². The van der Waals surface area contributed by atoms with Gasteiger partial charge < -0.3 is 23.6 Å². The number of hydrogen-bond acceptors (Lipinski definition) is 8. The van der Waals surface area contributed by atoms with Crippen LogP contribution in [0.25, 0.3) is 11.7 Å². The zero-order valence-corrected chi connectivity index (χ0v) is 16.2. The lowest BCUT2D eigenvalue weighted by atomic mass is 10.2. The van der Waals surface area contributed by atoms with Crippen LogP contribution in [0.15, 0.2) is 51.5 Å². The number of anilines is 1. The highest BCUT2D eigenvalue weighted by molar-refractivity contribution is 5.55. The van der Waals surface area contributed by atoms with Gasteiger partial charge in [-0.15, -0.1) is 0 Å². The quantitative estimate of drug-likeness (QED) is 0.632. The van der Waals surface area contributed by atoms with Gasteiger partial charge in [-0.25, -0.2) is 4.39 Å². The van der Waals surface area contributed by atoms with E-state index >= 15 is 0 Å². The van der Waals surface area contributed by atoms with E-state index in [0.717, 1.165) is 0 Å². The van der Waals surface area contributed by atoms with Crippen LogP contribution >= 0.6 is 0 Å². The van der Waals surface area contributed by atoms with Crippen molar-refractivity contribution < 1.29 is 23.1 Å². The predicted octanol–water partition coefficient (Wildman–Crippen LogP) is 2.51. The van der Waals surface area contributed by atoms with Gasteiger partial charge in [0.15, 0.2) is 5.76 Å². The molecule has 2 aromatic heterocycles. The molecule has 3 heterocycles. The van der Waals surface area contributed by atoms with Crippen LogP contribution in [0.3, 0.4) is 0 Å². The van der Waals surface area contributed by atoms with Crippen molar-refractivity contribution in [3.05, 3.63) is 54.2 Å². The van der Waals surface area contributed by atoms with E-state index in [1.807, 2.05) is 4.90 Å². The van der Waals surface area contributed by atoms with Crippen LogP contribution < -0.4 is 9.64 Å². The summed E-state index contributed by atoms with van der Waals surface area (Å²) in [5.41, 5.74) is 0.225. The van der Waals surface area contributed by atoms with Crippen LogP contribution in [0.4, 0.5) is 10.3 Å². The number of hydrogen-bond donors (Lipinski definition) is 1. The van der Waals surface area contributed by atoms with Gasteiger partial charge in [-0.3, -0.25) is 4.90 Å². The van der Waals surface area contributed by atoms with Crippen LogP contribution in [0.5, 0.6) is 5.75 Å². The number of ether oxygens (including phenoxy) is 1. The first-order valence-electron chi connectivity index (χ1n) is 9.61. The van der Waals surface area contributed by atoms with Crippen molar-refractivity contribution in [3.8, 4) is 23.5 Å². The molecular formula is C21H21FN4O4. The molecule has 0 radical (unpaired) electrons. The smallest absolute Gasteiger partial charge is 0.266 e. The topological polar surface area (TPSA) is 98.9 Å². The van der Waals surface area contributed by atoms with Crippen molar-refractivity contribution in [2.24, 2.45) is 0 Å². The van der Waals surface area contributed by atoms with Crippen LogP contribution in [-0.4, -0.2) is 60.4 Å². The number of piperazine rings is 1. The van der Waals surface area contributed by atoms with Crippen LogP contribution in [0, 0.1) is 17.1 Å². The van der Waals surface area contributed by atoms with Gasteiger partial charge in [0, 0.05) is 32.7 Å². The molecule has 1 saturated heterocycles. The molecule has 0 saturated carbocycles. The summed E-state index contributed by atoms with van der Waals surface area (Å²) in [6, 6.07) is 11.2. The van der Waals surface area contributed by atoms with E-state index in [-0.39, 0.29) is 24.0 Å². The van der Waals surface area contributed by atoms with Gasteiger partial charge in [-0.1, -0.05) is 0 Å². The van der Waals surface area contributed by atoms with Crippen LogP contribution in [0.2, 0.25) is 0 Å². The number of rotatable bonds is 7. The monoisotopic (exact) mass is 412 g/mol. The van der Waals surface area contributed by atoms with E-state index in [1.165, 1.54) is 30.5 Å². The normalized spacial score (nSPS) is 15.7. The van der Waals surface area contributed by atoms with Gasteiger partial charge in [-0.2, -0.15) is 10.2 Å². The maximum atomic E-state index is 12.9. The van der Waals surface area contributed by atoms with Crippen molar-refractivity contribution in [2.75, 3.05) is 44.2 Å². The van der Waals surface area contributed by atoms with Crippen LogP contribution in [0.1, 0.15) is 5.69 Å². The highest BCUT2D eigenvalue weighted by atomic mass is 19.1. The standard InChI is InChI=1S/C21H21FN4O4/c22-15-3-5-17(6-4-15)29-14-16(27)13-25-7-9-26(10-8-25)21-18(12-23)24-20(30-21)19-2-1-11-28-19/h1-6,11,16,27H,7-10,13-14H2. The fourth-order valence-electron chi connectivity index (χ4n) is 3.31. The summed E-state index contributed by atoms with van der Waals surface area (Å²) >= 11 is 0. The Morgan fingerprint density at radius 2 is 1.97 bits per heavy atom. The molecule has 1 fully saturated rings. The first-order chi connectivity index (χ1) is 14.6. The second-order valence-electron chi connectivity index (χ2n) is 6.97. The van der Waals surface area contributed by atoms with Crippen molar-refractivity contribution in [1.29, 1.82) is 5.26 Å². The fraction of sp³-hybridized carbons (Fsp3) is 0.333. The maximum Gasteiger partial charge on any atom is 0.266 e. The number of halogens is 1. The molecule has 1 aromatic carbocycles. The lowest BCUT2D eigenvalue weighted by Gasteiger charge is -2.35. The summed E-state index contributed by atoms with van der Waals surface area (Å²) < 4.78 is 29.5. The predicted molar refractivity (Wildman–Crippen MR) is 105 cm³/mol. The zero-order valence-electron chi connectivity index (χ0n) is 16.2. The van der Waals surface area contributed by atoms with E-state index in [9.17, 15) is 14.8 Å². The Morgan fingerprint density at radius 3 is 2.63 bits per heavy atom. The van der Waals surface area contributed by atoms with E-state index in [0.29, 0.717) is 50.1 Å². The van der Waals surface area contributed by atoms with Crippen molar-refractivity contribution in [1.82, 2.24) is 9.88 Å². The minimum atomic E-state index is -0.674. The molecule has 1 aliphatic rings. The highest BCUT2D eigenvalue weighted by Gasteiger charge is 2.26. The highest BCUT2D eigenvalue weighted by Crippen LogP contribution is 2.29. The molecule has 1 unspecified atom stereocenters. The molecule has 4 rings (SSSR count). The van der Waals surface area contributed by atoms with E-state index in [1.54, 1.807) is 12.1 Å². The summed E-state index contributed by atoms with van der Waals surface area (Å²) in [6.45, 7) is 3.22. The Bertz CT molecular complexity index is 989. The molecule has 9 heteroatoms. The Balaban J connectivity index is 1.29. The second kappa shape index (κ2) is 8.98. The number of benzene rings is 1. The molecule has 30 heavy (non-hydrogen) atoms. The number of aliphatic hydroxyl groups excluding tert-OH is 1. The number of aromatic nitrogens is 1. The first-order valence-corrected chi connectivity index (χ1v) is 9.61. The molecule has 3 aromatic rings. The number of nitrogens with zero attached hydrogens (tertiary/aromatic N) is 4. The third-order valence-corrected chi connectivity index (χ3v) is 4.83. The van der Waals surface area contributed by atoms with E-state index < -0.39 is 6.10 Å². The lowest BCUT2D eigenvalue weighted by Crippen LogP contribution is -2.49. The van der Waals surface area contributed by atoms with Gasteiger partial charge >= 0.3 is 0 Å². The molecule has 0 spiro atoms. The maximum absolute atomic E-state index is 12.9. The largest absolute Gasteiger partial charge is 0.491 e. The number of aliphatic hydroxyl groups is 1. The molecule has 0 amide bonds. The minimum absolute atomic E-state index is 0.124. The fourth-order valence-corrected chi connectivity index (χ4v) is 3.31. The number of nitriles is 1. The third kappa shape index (κ3) is 4.62. The van der Waals surface area contributed by atoms with Gasteiger partial charge in [0.05, 0.1) is 6.26 Å². The zero-order chi connectivity index (χ0) is 20.9. The van der Waals surface area contributed by atoms with Crippen LogP contribution in [-0.2, 0) is 0 Å². The van der Waals surface area contributed by atoms with Crippen molar-refractivity contribution in [3.63, 3.8) is 0 Å². The summed E-state index contributed by atoms with van der Waals surface area (Å²) in [6.07, 6.45) is 0.849. The lowest BCUT2D eigenvalue weighted by molar-refractivity contribution is 0.0660. The molecule has 1 atom stereocenters.